The number of hydrogen-bond acceptors (Lipinski definition) is 2. The summed E-state index contributed by atoms with van der Waals surface area (Å²) in [4.78, 5) is 26.1. The molecule has 0 spiro atoms. The number of carbonyl (C=O) groups excluding carboxylic acids is 1. The molecule has 1 aliphatic heterocycles. The Morgan fingerprint density at radius 2 is 1.74 bits per heavy atom. The second-order valence-electron chi connectivity index (χ2n) is 7.00. The van der Waals surface area contributed by atoms with E-state index in [1.165, 1.54) is 11.1 Å². The van der Waals surface area contributed by atoms with E-state index in [9.17, 15) is 9.59 Å². The van der Waals surface area contributed by atoms with Crippen molar-refractivity contribution in [3.8, 4) is 0 Å². The quantitative estimate of drug-likeness (QED) is 0.928. The van der Waals surface area contributed by atoms with Crippen LogP contribution in [0.5, 0.6) is 0 Å². The molecule has 1 N–H and O–H groups in total. The Labute approximate surface area is 137 Å². The fourth-order valence-electron chi connectivity index (χ4n) is 4.00. The summed E-state index contributed by atoms with van der Waals surface area (Å²) in [6.07, 6.45) is 5.05. The minimum Gasteiger partial charge on any atom is -0.481 e. The molecule has 3 atom stereocenters. The molecule has 3 rings (SSSR count). The Morgan fingerprint density at radius 3 is 2.39 bits per heavy atom. The molecule has 1 aromatic carbocycles. The van der Waals surface area contributed by atoms with Gasteiger partial charge in [0.05, 0.1) is 12.0 Å². The number of hydrogen-bond donors (Lipinski definition) is 1. The molecule has 4 heteroatoms. The van der Waals surface area contributed by atoms with Gasteiger partial charge in [-0.25, -0.2) is 0 Å². The van der Waals surface area contributed by atoms with Gasteiger partial charge in [0.1, 0.15) is 0 Å². The lowest BCUT2D eigenvalue weighted by atomic mass is 9.92. The van der Waals surface area contributed by atoms with Crippen LogP contribution in [0.25, 0.3) is 0 Å². The topological polar surface area (TPSA) is 57.6 Å². The maximum Gasteiger partial charge on any atom is 0.306 e. The lowest BCUT2D eigenvalue weighted by molar-refractivity contribution is -0.142. The summed E-state index contributed by atoms with van der Waals surface area (Å²) in [6.45, 7) is 2.86. The van der Waals surface area contributed by atoms with Crippen LogP contribution in [-0.2, 0) is 9.59 Å². The van der Waals surface area contributed by atoms with Crippen LogP contribution in [0.4, 0.5) is 0 Å². The second-order valence-corrected chi connectivity index (χ2v) is 7.00. The Morgan fingerprint density at radius 1 is 1.04 bits per heavy atom. The van der Waals surface area contributed by atoms with Crippen molar-refractivity contribution in [3.05, 3.63) is 35.4 Å². The van der Waals surface area contributed by atoms with Crippen molar-refractivity contribution < 1.29 is 14.7 Å². The average Bonchev–Trinajstić information content (AvgIpc) is 3.05. The number of piperidine rings is 1. The molecule has 1 aromatic rings. The molecule has 0 bridgehead atoms. The zero-order chi connectivity index (χ0) is 16.4. The van der Waals surface area contributed by atoms with Crippen molar-refractivity contribution >= 4 is 11.9 Å². The van der Waals surface area contributed by atoms with E-state index in [-0.39, 0.29) is 23.8 Å². The highest BCUT2D eigenvalue weighted by molar-refractivity contribution is 5.81. The Balaban J connectivity index is 1.75. The first-order chi connectivity index (χ1) is 11.1. The van der Waals surface area contributed by atoms with Gasteiger partial charge in [0, 0.05) is 12.5 Å². The van der Waals surface area contributed by atoms with Gasteiger partial charge in [0.25, 0.3) is 0 Å². The number of aliphatic carboxylic acids is 1. The summed E-state index contributed by atoms with van der Waals surface area (Å²) < 4.78 is 0. The van der Waals surface area contributed by atoms with Gasteiger partial charge in [-0.05, 0) is 51.0 Å². The molecule has 1 aliphatic carbocycles. The smallest absolute Gasteiger partial charge is 0.306 e. The zero-order valence-electron chi connectivity index (χ0n) is 13.7. The molecule has 2 fully saturated rings. The first-order valence-electron chi connectivity index (χ1n) is 8.66. The van der Waals surface area contributed by atoms with E-state index in [4.69, 9.17) is 5.11 Å². The molecular formula is C19H25NO3. The van der Waals surface area contributed by atoms with E-state index < -0.39 is 5.97 Å². The molecule has 2 aliphatic rings. The van der Waals surface area contributed by atoms with Crippen LogP contribution in [0.3, 0.4) is 0 Å². The molecule has 1 saturated carbocycles. The second kappa shape index (κ2) is 6.73. The van der Waals surface area contributed by atoms with Gasteiger partial charge in [-0.15, -0.1) is 0 Å². The molecule has 23 heavy (non-hydrogen) atoms. The number of amides is 1. The van der Waals surface area contributed by atoms with Crippen LogP contribution >= 0.6 is 0 Å². The summed E-state index contributed by atoms with van der Waals surface area (Å²) in [7, 11) is 0. The lowest BCUT2D eigenvalue weighted by Crippen LogP contribution is -2.41. The fourth-order valence-corrected chi connectivity index (χ4v) is 4.00. The van der Waals surface area contributed by atoms with E-state index in [1.54, 1.807) is 0 Å². The number of aryl methyl sites for hydroxylation is 1. The monoisotopic (exact) mass is 315 g/mol. The summed E-state index contributed by atoms with van der Waals surface area (Å²) in [5, 5.41) is 9.15. The van der Waals surface area contributed by atoms with Gasteiger partial charge < -0.3 is 10.0 Å². The van der Waals surface area contributed by atoms with Crippen LogP contribution in [0.2, 0.25) is 0 Å². The molecule has 0 radical (unpaired) electrons. The van der Waals surface area contributed by atoms with Crippen molar-refractivity contribution in [2.75, 3.05) is 6.54 Å². The van der Waals surface area contributed by atoms with Crippen molar-refractivity contribution in [1.82, 2.24) is 4.90 Å². The third-order valence-electron chi connectivity index (χ3n) is 5.38. The SMILES string of the molecule is Cc1ccc(C2CCCCN2C(=O)[C@@H]2CC[C@H](C(=O)O)C2)cc1. The minimum atomic E-state index is -0.756. The van der Waals surface area contributed by atoms with Crippen molar-refractivity contribution in [2.45, 2.75) is 51.5 Å². The van der Waals surface area contributed by atoms with Crippen LogP contribution in [0.15, 0.2) is 24.3 Å². The van der Waals surface area contributed by atoms with Crippen molar-refractivity contribution in [1.29, 1.82) is 0 Å². The average molecular weight is 315 g/mol. The summed E-state index contributed by atoms with van der Waals surface area (Å²) in [5.41, 5.74) is 2.43. The first-order valence-corrected chi connectivity index (χ1v) is 8.66. The molecule has 124 valence electrons. The minimum absolute atomic E-state index is 0.109. The number of benzene rings is 1. The molecule has 4 nitrogen and oxygen atoms in total. The third kappa shape index (κ3) is 3.41. The van der Waals surface area contributed by atoms with E-state index in [1.807, 2.05) is 4.90 Å². The number of likely N-dealkylation sites (tertiary alicyclic amines) is 1. The number of carboxylic acids is 1. The van der Waals surface area contributed by atoms with Gasteiger partial charge in [0.2, 0.25) is 5.91 Å². The maximum atomic E-state index is 13.0. The number of carboxylic acid groups (broad SMARTS) is 1. The van der Waals surface area contributed by atoms with Gasteiger partial charge in [-0.1, -0.05) is 29.8 Å². The van der Waals surface area contributed by atoms with Gasteiger partial charge in [0.15, 0.2) is 0 Å². The van der Waals surface area contributed by atoms with Crippen LogP contribution in [0.1, 0.15) is 55.7 Å². The van der Waals surface area contributed by atoms with Crippen molar-refractivity contribution in [3.63, 3.8) is 0 Å². The summed E-state index contributed by atoms with van der Waals surface area (Å²) in [6, 6.07) is 8.60. The molecule has 1 saturated heterocycles. The molecule has 1 heterocycles. The van der Waals surface area contributed by atoms with E-state index in [0.717, 1.165) is 25.8 Å². The molecule has 1 amide bonds. The Bertz CT molecular complexity index is 581. The first kappa shape index (κ1) is 16.0. The fraction of sp³-hybridized carbons (Fsp3) is 0.579. The number of rotatable bonds is 3. The molecule has 1 unspecified atom stereocenters. The third-order valence-corrected chi connectivity index (χ3v) is 5.38. The Hall–Kier alpha value is -1.84. The van der Waals surface area contributed by atoms with E-state index >= 15 is 0 Å². The standard InChI is InChI=1S/C19H25NO3/c1-13-5-7-14(8-6-13)17-4-2-3-11-20(17)18(21)15-9-10-16(12-15)19(22)23/h5-8,15-17H,2-4,9-12H2,1H3,(H,22,23)/t15-,16+,17?/m1/s1. The normalized spacial score (nSPS) is 27.9. The van der Waals surface area contributed by atoms with E-state index in [2.05, 4.69) is 31.2 Å². The predicted molar refractivity (Wildman–Crippen MR) is 88.0 cm³/mol. The predicted octanol–water partition coefficient (Wildman–Crippen LogP) is 3.55. The lowest BCUT2D eigenvalue weighted by Gasteiger charge is -2.37. The zero-order valence-corrected chi connectivity index (χ0v) is 13.7. The molecular weight excluding hydrogens is 290 g/mol. The number of carbonyl (C=O) groups is 2. The maximum absolute atomic E-state index is 13.0. The highest BCUT2D eigenvalue weighted by Gasteiger charge is 2.38. The van der Waals surface area contributed by atoms with E-state index in [0.29, 0.717) is 19.3 Å². The van der Waals surface area contributed by atoms with Gasteiger partial charge in [-0.2, -0.15) is 0 Å². The highest BCUT2D eigenvalue weighted by Crippen LogP contribution is 2.37. The highest BCUT2D eigenvalue weighted by atomic mass is 16.4. The number of nitrogens with zero attached hydrogens (tertiary/aromatic N) is 1. The van der Waals surface area contributed by atoms with Gasteiger partial charge in [-0.3, -0.25) is 9.59 Å². The van der Waals surface area contributed by atoms with Gasteiger partial charge >= 0.3 is 5.97 Å². The summed E-state index contributed by atoms with van der Waals surface area (Å²) >= 11 is 0. The molecule has 0 aromatic heterocycles. The van der Waals surface area contributed by atoms with Crippen molar-refractivity contribution in [2.24, 2.45) is 11.8 Å². The van der Waals surface area contributed by atoms with Crippen LogP contribution in [-0.4, -0.2) is 28.4 Å². The summed E-state index contributed by atoms with van der Waals surface area (Å²) in [5.74, 6) is -1.04. The van der Waals surface area contributed by atoms with Crippen LogP contribution in [0, 0.1) is 18.8 Å². The largest absolute Gasteiger partial charge is 0.481 e. The van der Waals surface area contributed by atoms with Crippen LogP contribution < -0.4 is 0 Å². The Kier molecular flexibility index (Phi) is 4.69.